The van der Waals surface area contributed by atoms with Crippen molar-refractivity contribution >= 4 is 0 Å². The summed E-state index contributed by atoms with van der Waals surface area (Å²) in [6, 6.07) is 0.593. The van der Waals surface area contributed by atoms with E-state index in [0.717, 1.165) is 38.5 Å². The van der Waals surface area contributed by atoms with Gasteiger partial charge in [-0.25, -0.2) is 0 Å². The standard InChI is InChI=1S/C11H21NO2/c1-9(2)8-12-10-3-4-11(7-10)13-5-6-14-11/h9-10,12H,3-8H2,1-2H3. The zero-order valence-corrected chi connectivity index (χ0v) is 9.21. The Kier molecular flexibility index (Phi) is 3.10. The van der Waals surface area contributed by atoms with Crippen LogP contribution in [0.2, 0.25) is 0 Å². The molecule has 0 aromatic carbocycles. The van der Waals surface area contributed by atoms with Crippen molar-refractivity contribution in [2.45, 2.75) is 44.9 Å². The van der Waals surface area contributed by atoms with E-state index in [1.165, 1.54) is 6.42 Å². The first-order valence-corrected chi connectivity index (χ1v) is 5.71. The van der Waals surface area contributed by atoms with E-state index < -0.39 is 0 Å². The van der Waals surface area contributed by atoms with Gasteiger partial charge >= 0.3 is 0 Å². The quantitative estimate of drug-likeness (QED) is 0.747. The van der Waals surface area contributed by atoms with Gasteiger partial charge in [0, 0.05) is 18.9 Å². The van der Waals surface area contributed by atoms with Gasteiger partial charge in [0.15, 0.2) is 5.79 Å². The fraction of sp³-hybridized carbons (Fsp3) is 1.00. The van der Waals surface area contributed by atoms with Crippen molar-refractivity contribution in [3.8, 4) is 0 Å². The summed E-state index contributed by atoms with van der Waals surface area (Å²) in [5.41, 5.74) is 0. The van der Waals surface area contributed by atoms with Crippen molar-refractivity contribution < 1.29 is 9.47 Å². The minimum absolute atomic E-state index is 0.214. The molecular formula is C11H21NO2. The van der Waals surface area contributed by atoms with Gasteiger partial charge in [-0.15, -0.1) is 0 Å². The molecule has 2 fully saturated rings. The maximum absolute atomic E-state index is 5.68. The molecule has 1 saturated carbocycles. The molecule has 1 atom stereocenters. The van der Waals surface area contributed by atoms with E-state index in [1.807, 2.05) is 0 Å². The van der Waals surface area contributed by atoms with Gasteiger partial charge in [0.05, 0.1) is 13.2 Å². The lowest BCUT2D eigenvalue weighted by Crippen LogP contribution is -2.34. The van der Waals surface area contributed by atoms with Crippen molar-refractivity contribution in [3.63, 3.8) is 0 Å². The first-order chi connectivity index (χ1) is 6.70. The molecule has 1 saturated heterocycles. The normalized spacial score (nSPS) is 30.6. The molecule has 1 unspecified atom stereocenters. The molecule has 0 amide bonds. The predicted octanol–water partition coefficient (Wildman–Crippen LogP) is 1.53. The van der Waals surface area contributed by atoms with Gasteiger partial charge in [-0.2, -0.15) is 0 Å². The van der Waals surface area contributed by atoms with Gasteiger partial charge in [-0.3, -0.25) is 0 Å². The van der Waals surface area contributed by atoms with E-state index in [2.05, 4.69) is 19.2 Å². The Bertz CT molecular complexity index is 188. The van der Waals surface area contributed by atoms with Gasteiger partial charge in [0.2, 0.25) is 0 Å². The van der Waals surface area contributed by atoms with Crippen LogP contribution >= 0.6 is 0 Å². The average Bonchev–Trinajstić information content (AvgIpc) is 2.74. The van der Waals surface area contributed by atoms with E-state index in [4.69, 9.17) is 9.47 Å². The molecule has 3 heteroatoms. The maximum atomic E-state index is 5.68. The topological polar surface area (TPSA) is 30.5 Å². The van der Waals surface area contributed by atoms with Gasteiger partial charge < -0.3 is 14.8 Å². The molecule has 2 aliphatic rings. The summed E-state index contributed by atoms with van der Waals surface area (Å²) in [5, 5.41) is 3.57. The Balaban J connectivity index is 1.76. The highest BCUT2D eigenvalue weighted by atomic mass is 16.7. The Hall–Kier alpha value is -0.120. The lowest BCUT2D eigenvalue weighted by molar-refractivity contribution is -0.151. The van der Waals surface area contributed by atoms with Crippen LogP contribution in [0.5, 0.6) is 0 Å². The minimum atomic E-state index is -0.214. The van der Waals surface area contributed by atoms with Crippen LogP contribution in [0.1, 0.15) is 33.1 Å². The van der Waals surface area contributed by atoms with Gasteiger partial charge in [0.1, 0.15) is 0 Å². The Labute approximate surface area is 86.2 Å². The summed E-state index contributed by atoms with van der Waals surface area (Å²) in [4.78, 5) is 0. The molecule has 82 valence electrons. The first kappa shape index (κ1) is 10.4. The van der Waals surface area contributed by atoms with Crippen molar-refractivity contribution in [3.05, 3.63) is 0 Å². The van der Waals surface area contributed by atoms with Gasteiger partial charge in [-0.1, -0.05) is 13.8 Å². The second-order valence-electron chi connectivity index (χ2n) is 4.85. The molecule has 3 nitrogen and oxygen atoms in total. The fourth-order valence-electron chi connectivity index (χ4n) is 2.31. The summed E-state index contributed by atoms with van der Waals surface area (Å²) >= 11 is 0. The average molecular weight is 199 g/mol. The summed E-state index contributed by atoms with van der Waals surface area (Å²) in [7, 11) is 0. The van der Waals surface area contributed by atoms with Crippen molar-refractivity contribution in [1.29, 1.82) is 0 Å². The van der Waals surface area contributed by atoms with Crippen LogP contribution in [0.3, 0.4) is 0 Å². The number of hydrogen-bond donors (Lipinski definition) is 1. The lowest BCUT2D eigenvalue weighted by Gasteiger charge is -2.22. The predicted molar refractivity (Wildman–Crippen MR) is 55.1 cm³/mol. The van der Waals surface area contributed by atoms with E-state index in [1.54, 1.807) is 0 Å². The van der Waals surface area contributed by atoms with Crippen LogP contribution in [0.4, 0.5) is 0 Å². The molecule has 0 aromatic heterocycles. The number of hydrogen-bond acceptors (Lipinski definition) is 3. The molecule has 0 radical (unpaired) electrons. The summed E-state index contributed by atoms with van der Waals surface area (Å²) in [6.45, 7) is 7.12. The molecule has 1 N–H and O–H groups in total. The third kappa shape index (κ3) is 2.27. The highest BCUT2D eigenvalue weighted by molar-refractivity contribution is 4.89. The van der Waals surface area contributed by atoms with Crippen LogP contribution < -0.4 is 5.32 Å². The smallest absolute Gasteiger partial charge is 0.170 e. The van der Waals surface area contributed by atoms with Crippen LogP contribution in [0.25, 0.3) is 0 Å². The molecule has 1 aliphatic carbocycles. The SMILES string of the molecule is CC(C)CNC1CCC2(C1)OCCO2. The highest BCUT2D eigenvalue weighted by Crippen LogP contribution is 2.37. The van der Waals surface area contributed by atoms with Gasteiger partial charge in [-0.05, 0) is 18.9 Å². The molecule has 0 aromatic rings. The zero-order chi connectivity index (χ0) is 10.0. The number of nitrogens with one attached hydrogen (secondary N) is 1. The first-order valence-electron chi connectivity index (χ1n) is 5.71. The Morgan fingerprint density at radius 3 is 2.71 bits per heavy atom. The minimum Gasteiger partial charge on any atom is -0.347 e. The van der Waals surface area contributed by atoms with Crippen molar-refractivity contribution in [2.24, 2.45) is 5.92 Å². The fourth-order valence-corrected chi connectivity index (χ4v) is 2.31. The molecule has 14 heavy (non-hydrogen) atoms. The van der Waals surface area contributed by atoms with Crippen molar-refractivity contribution in [1.82, 2.24) is 5.32 Å². The van der Waals surface area contributed by atoms with Crippen LogP contribution in [0, 0.1) is 5.92 Å². The maximum Gasteiger partial charge on any atom is 0.170 e. The lowest BCUT2D eigenvalue weighted by atomic mass is 10.2. The second-order valence-corrected chi connectivity index (χ2v) is 4.85. The molecule has 0 bridgehead atoms. The molecule has 1 aliphatic heterocycles. The Morgan fingerprint density at radius 2 is 2.07 bits per heavy atom. The van der Waals surface area contributed by atoms with Crippen LogP contribution in [-0.2, 0) is 9.47 Å². The van der Waals surface area contributed by atoms with Gasteiger partial charge in [0.25, 0.3) is 0 Å². The summed E-state index contributed by atoms with van der Waals surface area (Å²) in [6.07, 6.45) is 3.27. The third-order valence-corrected chi connectivity index (χ3v) is 3.06. The van der Waals surface area contributed by atoms with E-state index in [-0.39, 0.29) is 5.79 Å². The highest BCUT2D eigenvalue weighted by Gasteiger charge is 2.43. The van der Waals surface area contributed by atoms with Crippen LogP contribution in [-0.4, -0.2) is 31.6 Å². The van der Waals surface area contributed by atoms with E-state index in [0.29, 0.717) is 6.04 Å². The zero-order valence-electron chi connectivity index (χ0n) is 9.21. The monoisotopic (exact) mass is 199 g/mol. The largest absolute Gasteiger partial charge is 0.347 e. The number of ether oxygens (including phenoxy) is 2. The molecular weight excluding hydrogens is 178 g/mol. The summed E-state index contributed by atoms with van der Waals surface area (Å²) < 4.78 is 11.4. The molecule has 1 heterocycles. The molecule has 1 spiro atoms. The number of rotatable bonds is 3. The molecule has 2 rings (SSSR count). The summed E-state index contributed by atoms with van der Waals surface area (Å²) in [5.74, 6) is 0.506. The van der Waals surface area contributed by atoms with Crippen molar-refractivity contribution in [2.75, 3.05) is 19.8 Å². The van der Waals surface area contributed by atoms with E-state index >= 15 is 0 Å². The van der Waals surface area contributed by atoms with Crippen LogP contribution in [0.15, 0.2) is 0 Å². The second kappa shape index (κ2) is 4.17. The Morgan fingerprint density at radius 1 is 1.36 bits per heavy atom. The third-order valence-electron chi connectivity index (χ3n) is 3.06. The van der Waals surface area contributed by atoms with E-state index in [9.17, 15) is 0 Å².